The lowest BCUT2D eigenvalue weighted by Crippen LogP contribution is -2.54. The van der Waals surface area contributed by atoms with Crippen LogP contribution < -0.4 is 0 Å². The van der Waals surface area contributed by atoms with E-state index in [-0.39, 0.29) is 37.8 Å². The number of carbonyl (C=O) groups is 2. The highest BCUT2D eigenvalue weighted by molar-refractivity contribution is 7.88. The number of aromatic nitrogens is 1. The molecule has 2 atom stereocenters. The molecule has 0 radical (unpaired) electrons. The minimum atomic E-state index is -3.51. The summed E-state index contributed by atoms with van der Waals surface area (Å²) in [4.78, 5) is 25.0. The molecule has 1 aromatic rings. The van der Waals surface area contributed by atoms with Gasteiger partial charge in [0.15, 0.2) is 0 Å². The molecule has 1 saturated heterocycles. The third kappa shape index (κ3) is 3.29. The Hall–Kier alpha value is -1.94. The molecule has 3 rings (SSSR count). The molecule has 1 aromatic heterocycles. The Bertz CT molecular complexity index is 709. The van der Waals surface area contributed by atoms with Crippen LogP contribution in [0.5, 0.6) is 0 Å². The summed E-state index contributed by atoms with van der Waals surface area (Å²) in [6, 6.07) is 1.50. The molecular formula is C14H19N3O6S. The van der Waals surface area contributed by atoms with Gasteiger partial charge in [0.2, 0.25) is 15.9 Å². The van der Waals surface area contributed by atoms with Gasteiger partial charge in [0.25, 0.3) is 0 Å². The standard InChI is InChI=1S/C14H19N3O6S/c18-13(11-1-2-12(11)14(19)20)16-4-6-17(7-5-16)24(21,22)9-10-3-8-23-15-10/h3,8,11-12H,1-2,4-7,9H2,(H,19,20). The van der Waals surface area contributed by atoms with Crippen LogP contribution in [-0.2, 0) is 25.4 Å². The van der Waals surface area contributed by atoms with Gasteiger partial charge >= 0.3 is 5.97 Å². The van der Waals surface area contributed by atoms with E-state index in [9.17, 15) is 18.0 Å². The molecule has 2 fully saturated rings. The van der Waals surface area contributed by atoms with Crippen LogP contribution in [0, 0.1) is 11.8 Å². The van der Waals surface area contributed by atoms with Crippen LogP contribution in [0.4, 0.5) is 0 Å². The smallest absolute Gasteiger partial charge is 0.307 e. The number of aliphatic carboxylic acids is 1. The average Bonchev–Trinajstić information content (AvgIpc) is 2.97. The number of sulfonamides is 1. The molecule has 2 aliphatic rings. The second kappa shape index (κ2) is 6.52. The first-order chi connectivity index (χ1) is 11.4. The van der Waals surface area contributed by atoms with Crippen molar-refractivity contribution in [3.05, 3.63) is 18.0 Å². The first-order valence-electron chi connectivity index (χ1n) is 7.77. The molecule has 1 aliphatic heterocycles. The Morgan fingerprint density at radius 3 is 2.38 bits per heavy atom. The van der Waals surface area contributed by atoms with Gasteiger partial charge in [-0.2, -0.15) is 4.31 Å². The van der Waals surface area contributed by atoms with Gasteiger partial charge in [-0.25, -0.2) is 8.42 Å². The molecule has 10 heteroatoms. The van der Waals surface area contributed by atoms with Gasteiger partial charge in [-0.05, 0) is 12.8 Å². The third-order valence-electron chi connectivity index (χ3n) is 4.67. The van der Waals surface area contributed by atoms with Gasteiger partial charge in [-0.3, -0.25) is 9.59 Å². The molecule has 1 saturated carbocycles. The normalized spacial score (nSPS) is 25.2. The average molecular weight is 357 g/mol. The Labute approximate surface area is 139 Å². The van der Waals surface area contributed by atoms with E-state index < -0.39 is 27.8 Å². The van der Waals surface area contributed by atoms with Crippen LogP contribution in [0.1, 0.15) is 18.5 Å². The molecule has 0 aromatic carbocycles. The SMILES string of the molecule is O=C(O)C1CCC1C(=O)N1CCN(S(=O)(=O)Cc2ccon2)CC1. The maximum absolute atomic E-state index is 12.4. The first kappa shape index (κ1) is 16.9. The molecule has 2 unspecified atom stereocenters. The first-order valence-corrected chi connectivity index (χ1v) is 9.38. The van der Waals surface area contributed by atoms with Gasteiger partial charge in [-0.15, -0.1) is 0 Å². The maximum atomic E-state index is 12.4. The summed E-state index contributed by atoms with van der Waals surface area (Å²) < 4.78 is 30.6. The number of amides is 1. The Morgan fingerprint density at radius 2 is 1.88 bits per heavy atom. The zero-order chi connectivity index (χ0) is 17.3. The summed E-state index contributed by atoms with van der Waals surface area (Å²) in [6.45, 7) is 0.964. The highest BCUT2D eigenvalue weighted by Gasteiger charge is 2.44. The largest absolute Gasteiger partial charge is 0.481 e. The predicted molar refractivity (Wildman–Crippen MR) is 81.1 cm³/mol. The summed E-state index contributed by atoms with van der Waals surface area (Å²) in [7, 11) is -3.51. The van der Waals surface area contributed by atoms with Gasteiger partial charge in [0, 0.05) is 32.2 Å². The zero-order valence-electron chi connectivity index (χ0n) is 13.0. The Balaban J connectivity index is 1.56. The minimum absolute atomic E-state index is 0.179. The van der Waals surface area contributed by atoms with Gasteiger partial charge < -0.3 is 14.5 Å². The van der Waals surface area contributed by atoms with Crippen molar-refractivity contribution in [2.75, 3.05) is 26.2 Å². The number of carboxylic acids is 1. The molecule has 9 nitrogen and oxygen atoms in total. The lowest BCUT2D eigenvalue weighted by Gasteiger charge is -2.39. The second-order valence-corrected chi connectivity index (χ2v) is 8.07. The fourth-order valence-corrected chi connectivity index (χ4v) is 4.53. The molecule has 1 N–H and O–H groups in total. The number of hydrogen-bond acceptors (Lipinski definition) is 6. The van der Waals surface area contributed by atoms with E-state index in [2.05, 4.69) is 9.68 Å². The lowest BCUT2D eigenvalue weighted by atomic mass is 9.73. The van der Waals surface area contributed by atoms with E-state index in [0.717, 1.165) is 0 Å². The summed E-state index contributed by atoms with van der Waals surface area (Å²) in [5, 5.41) is 12.7. The van der Waals surface area contributed by atoms with Crippen LogP contribution in [0.2, 0.25) is 0 Å². The highest BCUT2D eigenvalue weighted by atomic mass is 32.2. The van der Waals surface area contributed by atoms with Gasteiger partial charge in [0.05, 0.1) is 17.5 Å². The van der Waals surface area contributed by atoms with Gasteiger partial charge in [-0.1, -0.05) is 5.16 Å². The third-order valence-corrected chi connectivity index (χ3v) is 6.49. The van der Waals surface area contributed by atoms with Crippen LogP contribution in [0.15, 0.2) is 16.9 Å². The fourth-order valence-electron chi connectivity index (χ4n) is 3.10. The van der Waals surface area contributed by atoms with Crippen molar-refractivity contribution < 1.29 is 27.6 Å². The van der Waals surface area contributed by atoms with Crippen molar-refractivity contribution in [3.8, 4) is 0 Å². The number of carbonyl (C=O) groups excluding carboxylic acids is 1. The number of carboxylic acid groups (broad SMARTS) is 1. The molecule has 1 aliphatic carbocycles. The van der Waals surface area contributed by atoms with E-state index in [1.54, 1.807) is 4.90 Å². The Kier molecular flexibility index (Phi) is 4.59. The summed E-state index contributed by atoms with van der Waals surface area (Å²) in [5.74, 6) is -2.43. The van der Waals surface area contributed by atoms with E-state index in [4.69, 9.17) is 5.11 Å². The predicted octanol–water partition coefficient (Wildman–Crippen LogP) is -0.241. The monoisotopic (exact) mass is 357 g/mol. The van der Waals surface area contributed by atoms with Crippen LogP contribution in [0.3, 0.4) is 0 Å². The van der Waals surface area contributed by atoms with E-state index >= 15 is 0 Å². The van der Waals surface area contributed by atoms with E-state index in [0.29, 0.717) is 18.5 Å². The quantitative estimate of drug-likeness (QED) is 0.772. The van der Waals surface area contributed by atoms with Crippen molar-refractivity contribution in [2.45, 2.75) is 18.6 Å². The maximum Gasteiger partial charge on any atom is 0.307 e. The van der Waals surface area contributed by atoms with Crippen molar-refractivity contribution in [1.82, 2.24) is 14.4 Å². The van der Waals surface area contributed by atoms with Crippen LogP contribution in [-0.4, -0.2) is 65.9 Å². The minimum Gasteiger partial charge on any atom is -0.481 e. The summed E-state index contributed by atoms with van der Waals surface area (Å²) in [6.07, 6.45) is 2.43. The van der Waals surface area contributed by atoms with Crippen molar-refractivity contribution >= 4 is 21.9 Å². The Morgan fingerprint density at radius 1 is 1.21 bits per heavy atom. The van der Waals surface area contributed by atoms with Gasteiger partial charge in [0.1, 0.15) is 12.0 Å². The number of hydrogen-bond donors (Lipinski definition) is 1. The summed E-state index contributed by atoms with van der Waals surface area (Å²) >= 11 is 0. The molecule has 0 spiro atoms. The van der Waals surface area contributed by atoms with Crippen molar-refractivity contribution in [2.24, 2.45) is 11.8 Å². The van der Waals surface area contributed by atoms with E-state index in [1.807, 2.05) is 0 Å². The molecule has 0 bridgehead atoms. The van der Waals surface area contributed by atoms with Crippen molar-refractivity contribution in [3.63, 3.8) is 0 Å². The number of nitrogens with zero attached hydrogens (tertiary/aromatic N) is 3. The number of piperazine rings is 1. The molecule has 2 heterocycles. The number of rotatable bonds is 5. The summed E-state index contributed by atoms with van der Waals surface area (Å²) in [5.41, 5.74) is 0.340. The van der Waals surface area contributed by atoms with Crippen LogP contribution in [0.25, 0.3) is 0 Å². The molecule has 24 heavy (non-hydrogen) atoms. The molecular weight excluding hydrogens is 338 g/mol. The lowest BCUT2D eigenvalue weighted by molar-refractivity contribution is -0.157. The topological polar surface area (TPSA) is 121 Å². The molecule has 1 amide bonds. The zero-order valence-corrected chi connectivity index (χ0v) is 13.8. The van der Waals surface area contributed by atoms with Crippen LogP contribution >= 0.6 is 0 Å². The highest BCUT2D eigenvalue weighted by Crippen LogP contribution is 2.36. The van der Waals surface area contributed by atoms with Crippen molar-refractivity contribution in [1.29, 1.82) is 0 Å². The van der Waals surface area contributed by atoms with E-state index in [1.165, 1.54) is 16.6 Å². The molecule has 132 valence electrons. The second-order valence-electron chi connectivity index (χ2n) is 6.10. The fraction of sp³-hybridized carbons (Fsp3) is 0.643.